The zero-order valence-electron chi connectivity index (χ0n) is 13.3. The van der Waals surface area contributed by atoms with Crippen LogP contribution in [0.3, 0.4) is 0 Å². The number of carbonyl (C=O) groups is 1. The van der Waals surface area contributed by atoms with E-state index in [-0.39, 0.29) is 5.91 Å². The van der Waals surface area contributed by atoms with E-state index in [2.05, 4.69) is 20.5 Å². The number of rotatable bonds is 5. The van der Waals surface area contributed by atoms with Gasteiger partial charge in [-0.3, -0.25) is 14.9 Å². The van der Waals surface area contributed by atoms with Crippen LogP contribution in [0.15, 0.2) is 30.6 Å². The van der Waals surface area contributed by atoms with Crippen molar-refractivity contribution in [3.63, 3.8) is 0 Å². The molecule has 0 unspecified atom stereocenters. The number of aromatic nitrogens is 3. The predicted molar refractivity (Wildman–Crippen MR) is 86.9 cm³/mol. The van der Waals surface area contributed by atoms with Crippen LogP contribution in [0.2, 0.25) is 0 Å². The van der Waals surface area contributed by atoms with Gasteiger partial charge in [0, 0.05) is 19.2 Å². The number of H-pyrrole nitrogens is 1. The molecule has 1 fully saturated rings. The molecular weight excluding hydrogens is 292 g/mol. The van der Waals surface area contributed by atoms with Gasteiger partial charge in [-0.1, -0.05) is 0 Å². The van der Waals surface area contributed by atoms with E-state index in [9.17, 15) is 4.79 Å². The quantitative estimate of drug-likeness (QED) is 0.889. The Bertz CT molecular complexity index is 617. The van der Waals surface area contributed by atoms with E-state index >= 15 is 0 Å². The molecule has 6 heteroatoms. The van der Waals surface area contributed by atoms with Crippen LogP contribution >= 0.6 is 0 Å². The molecule has 3 rings (SSSR count). The first kappa shape index (κ1) is 15.5. The Morgan fingerprint density at radius 1 is 1.30 bits per heavy atom. The molecule has 2 N–H and O–H groups in total. The summed E-state index contributed by atoms with van der Waals surface area (Å²) in [6.07, 6.45) is 7.70. The first-order valence-corrected chi connectivity index (χ1v) is 8.06. The fourth-order valence-corrected chi connectivity index (χ4v) is 3.00. The molecule has 0 saturated heterocycles. The standard InChI is InChI=1S/C17H22N4O2/c1-12(22)20-14-4-2-13(3-5-14)11-23-15-6-7-16(18-10-15)17-8-9-19-21-17/h6-10,13-14H,2-5,11H2,1H3,(H,19,21)(H,20,22)/t13-,14+. The van der Waals surface area contributed by atoms with Crippen LogP contribution in [-0.2, 0) is 4.79 Å². The van der Waals surface area contributed by atoms with E-state index in [1.165, 1.54) is 0 Å². The monoisotopic (exact) mass is 314 g/mol. The highest BCUT2D eigenvalue weighted by Gasteiger charge is 2.22. The minimum absolute atomic E-state index is 0.0631. The van der Waals surface area contributed by atoms with Gasteiger partial charge >= 0.3 is 0 Å². The molecule has 0 aliphatic heterocycles. The van der Waals surface area contributed by atoms with E-state index in [4.69, 9.17) is 4.74 Å². The maximum absolute atomic E-state index is 11.1. The summed E-state index contributed by atoms with van der Waals surface area (Å²) in [6, 6.07) is 6.08. The van der Waals surface area contributed by atoms with Crippen molar-refractivity contribution in [3.8, 4) is 17.1 Å². The van der Waals surface area contributed by atoms with E-state index in [1.807, 2.05) is 18.2 Å². The second-order valence-electron chi connectivity index (χ2n) is 6.08. The Labute approximate surface area is 135 Å². The van der Waals surface area contributed by atoms with Gasteiger partial charge in [0.25, 0.3) is 0 Å². The first-order chi connectivity index (χ1) is 11.2. The summed E-state index contributed by atoms with van der Waals surface area (Å²) in [5, 5.41) is 9.81. The van der Waals surface area contributed by atoms with Crippen molar-refractivity contribution in [2.24, 2.45) is 5.92 Å². The van der Waals surface area contributed by atoms with E-state index in [1.54, 1.807) is 19.3 Å². The molecule has 1 aliphatic rings. The Hall–Kier alpha value is -2.37. The van der Waals surface area contributed by atoms with Crippen molar-refractivity contribution >= 4 is 5.91 Å². The van der Waals surface area contributed by atoms with Crippen LogP contribution < -0.4 is 10.1 Å². The lowest BCUT2D eigenvalue weighted by Crippen LogP contribution is -2.37. The van der Waals surface area contributed by atoms with Gasteiger partial charge in [0.2, 0.25) is 5.91 Å². The molecule has 0 spiro atoms. The normalized spacial score (nSPS) is 20.9. The number of hydrogen-bond donors (Lipinski definition) is 2. The second kappa shape index (κ2) is 7.26. The minimum Gasteiger partial charge on any atom is -0.492 e. The van der Waals surface area contributed by atoms with Crippen molar-refractivity contribution in [2.45, 2.75) is 38.6 Å². The largest absolute Gasteiger partial charge is 0.492 e. The summed E-state index contributed by atoms with van der Waals surface area (Å²) in [6.45, 7) is 2.28. The van der Waals surface area contributed by atoms with Crippen LogP contribution in [-0.4, -0.2) is 33.7 Å². The number of pyridine rings is 1. The van der Waals surface area contributed by atoms with Crippen LogP contribution in [0, 0.1) is 5.92 Å². The van der Waals surface area contributed by atoms with Crippen molar-refractivity contribution in [1.29, 1.82) is 0 Å². The first-order valence-electron chi connectivity index (χ1n) is 8.06. The third kappa shape index (κ3) is 4.31. The third-order valence-corrected chi connectivity index (χ3v) is 4.25. The van der Waals surface area contributed by atoms with E-state index in [0.29, 0.717) is 18.6 Å². The maximum Gasteiger partial charge on any atom is 0.217 e. The van der Waals surface area contributed by atoms with Gasteiger partial charge in [-0.25, -0.2) is 0 Å². The van der Waals surface area contributed by atoms with Gasteiger partial charge in [0.1, 0.15) is 5.75 Å². The number of amides is 1. The highest BCUT2D eigenvalue weighted by Crippen LogP contribution is 2.25. The lowest BCUT2D eigenvalue weighted by molar-refractivity contribution is -0.119. The summed E-state index contributed by atoms with van der Waals surface area (Å²) in [5.41, 5.74) is 1.75. The summed E-state index contributed by atoms with van der Waals surface area (Å²) in [4.78, 5) is 15.5. The van der Waals surface area contributed by atoms with Crippen molar-refractivity contribution in [1.82, 2.24) is 20.5 Å². The van der Waals surface area contributed by atoms with Crippen LogP contribution in [0.4, 0.5) is 0 Å². The van der Waals surface area contributed by atoms with E-state index in [0.717, 1.165) is 42.8 Å². The highest BCUT2D eigenvalue weighted by molar-refractivity contribution is 5.73. The Kier molecular flexibility index (Phi) is 4.90. The molecule has 1 saturated carbocycles. The van der Waals surface area contributed by atoms with Gasteiger partial charge in [0.15, 0.2) is 0 Å². The van der Waals surface area contributed by atoms with E-state index < -0.39 is 0 Å². The third-order valence-electron chi connectivity index (χ3n) is 4.25. The fourth-order valence-electron chi connectivity index (χ4n) is 3.00. The van der Waals surface area contributed by atoms with Crippen LogP contribution in [0.1, 0.15) is 32.6 Å². The lowest BCUT2D eigenvalue weighted by atomic mass is 9.86. The molecule has 0 atom stereocenters. The molecule has 1 aliphatic carbocycles. The topological polar surface area (TPSA) is 79.9 Å². The number of hydrogen-bond acceptors (Lipinski definition) is 4. The summed E-state index contributed by atoms with van der Waals surface area (Å²) in [7, 11) is 0. The molecule has 23 heavy (non-hydrogen) atoms. The maximum atomic E-state index is 11.1. The number of carbonyl (C=O) groups excluding carboxylic acids is 1. The van der Waals surface area contributed by atoms with Crippen molar-refractivity contribution in [3.05, 3.63) is 30.6 Å². The lowest BCUT2D eigenvalue weighted by Gasteiger charge is -2.28. The summed E-state index contributed by atoms with van der Waals surface area (Å²) < 4.78 is 5.86. The molecule has 2 heterocycles. The number of nitrogens with zero attached hydrogens (tertiary/aromatic N) is 2. The summed E-state index contributed by atoms with van der Waals surface area (Å²) in [5.74, 6) is 1.40. The average molecular weight is 314 g/mol. The molecule has 0 aromatic carbocycles. The zero-order valence-corrected chi connectivity index (χ0v) is 13.3. The van der Waals surface area contributed by atoms with Gasteiger partial charge in [-0.05, 0) is 49.8 Å². The highest BCUT2D eigenvalue weighted by atomic mass is 16.5. The smallest absolute Gasteiger partial charge is 0.217 e. The van der Waals surface area contributed by atoms with Gasteiger partial charge in [-0.2, -0.15) is 5.10 Å². The Balaban J connectivity index is 1.45. The van der Waals surface area contributed by atoms with Gasteiger partial charge in [-0.15, -0.1) is 0 Å². The Morgan fingerprint density at radius 2 is 2.13 bits per heavy atom. The van der Waals surface area contributed by atoms with Crippen LogP contribution in [0.25, 0.3) is 11.4 Å². The molecule has 2 aromatic heterocycles. The molecule has 0 radical (unpaired) electrons. The number of ether oxygens (including phenoxy) is 1. The summed E-state index contributed by atoms with van der Waals surface area (Å²) >= 11 is 0. The minimum atomic E-state index is 0.0631. The molecule has 122 valence electrons. The van der Waals surface area contributed by atoms with Gasteiger partial charge < -0.3 is 10.1 Å². The van der Waals surface area contributed by atoms with Crippen molar-refractivity contribution < 1.29 is 9.53 Å². The SMILES string of the molecule is CC(=O)N[C@H]1CC[C@@H](COc2ccc(-c3ccn[nH]3)nc2)CC1. The molecular formula is C17H22N4O2. The molecule has 2 aromatic rings. The number of aromatic amines is 1. The average Bonchev–Trinajstić information content (AvgIpc) is 3.09. The fraction of sp³-hybridized carbons (Fsp3) is 0.471. The zero-order chi connectivity index (χ0) is 16.1. The van der Waals surface area contributed by atoms with Gasteiger partial charge in [0.05, 0.1) is 24.2 Å². The van der Waals surface area contributed by atoms with Crippen molar-refractivity contribution in [2.75, 3.05) is 6.61 Å². The molecule has 6 nitrogen and oxygen atoms in total. The molecule has 0 bridgehead atoms. The second-order valence-corrected chi connectivity index (χ2v) is 6.08. The van der Waals surface area contributed by atoms with Crippen LogP contribution in [0.5, 0.6) is 5.75 Å². The number of nitrogens with one attached hydrogen (secondary N) is 2. The Morgan fingerprint density at radius 3 is 2.74 bits per heavy atom. The predicted octanol–water partition coefficient (Wildman–Crippen LogP) is 2.55. The molecule has 1 amide bonds.